The summed E-state index contributed by atoms with van der Waals surface area (Å²) in [6.45, 7) is 8.09. The van der Waals surface area contributed by atoms with Crippen LogP contribution >= 0.6 is 0 Å². The van der Waals surface area contributed by atoms with Crippen LogP contribution in [0.1, 0.15) is 72.4 Å². The largest absolute Gasteiger partial charge is 0.497 e. The second-order valence-corrected chi connectivity index (χ2v) is 9.10. The van der Waals surface area contributed by atoms with Crippen LogP contribution in [0, 0.1) is 12.3 Å². The molecule has 1 aliphatic rings. The number of amides is 1. The van der Waals surface area contributed by atoms with E-state index < -0.39 is 5.54 Å². The molecule has 2 N–H and O–H groups in total. The van der Waals surface area contributed by atoms with Gasteiger partial charge in [0.05, 0.1) is 7.11 Å². The van der Waals surface area contributed by atoms with Crippen LogP contribution < -0.4 is 15.4 Å². The molecule has 3 rings (SSSR count). The number of allylic oxidation sites excluding steroid dienone is 1. The molecule has 0 aromatic heterocycles. The second-order valence-electron chi connectivity index (χ2n) is 9.10. The van der Waals surface area contributed by atoms with Gasteiger partial charge in [-0.2, -0.15) is 0 Å². The molecule has 33 heavy (non-hydrogen) atoms. The number of carbonyl (C=O) groups is 2. The Morgan fingerprint density at radius 1 is 1.18 bits per heavy atom. The van der Waals surface area contributed by atoms with Crippen molar-refractivity contribution in [3.05, 3.63) is 70.8 Å². The number of fused-ring (bicyclic) bond motifs is 1. The minimum Gasteiger partial charge on any atom is -0.497 e. The SMILES string of the molecule is C#CC(CC)(CC)NC(=O)c1cccc(C(=O)/C=C2\NC(C)(C)Cc3ccc(OC)cc32)c1. The summed E-state index contributed by atoms with van der Waals surface area (Å²) in [4.78, 5) is 26.1. The van der Waals surface area contributed by atoms with Gasteiger partial charge in [-0.05, 0) is 62.9 Å². The topological polar surface area (TPSA) is 67.4 Å². The van der Waals surface area contributed by atoms with Crippen molar-refractivity contribution in [2.24, 2.45) is 0 Å². The lowest BCUT2D eigenvalue weighted by Crippen LogP contribution is -2.46. The molecule has 0 saturated heterocycles. The van der Waals surface area contributed by atoms with E-state index in [0.717, 1.165) is 29.0 Å². The van der Waals surface area contributed by atoms with Gasteiger partial charge in [0.2, 0.25) is 0 Å². The van der Waals surface area contributed by atoms with Crippen LogP contribution in [0.2, 0.25) is 0 Å². The minimum absolute atomic E-state index is 0.187. The molecule has 0 spiro atoms. The molecule has 0 unspecified atom stereocenters. The van der Waals surface area contributed by atoms with Crippen LogP contribution in [0.25, 0.3) is 5.70 Å². The van der Waals surface area contributed by atoms with Crippen molar-refractivity contribution in [3.8, 4) is 18.1 Å². The summed E-state index contributed by atoms with van der Waals surface area (Å²) in [5, 5.41) is 6.43. The number of ketones is 1. The van der Waals surface area contributed by atoms with Crippen molar-refractivity contribution in [1.29, 1.82) is 0 Å². The van der Waals surface area contributed by atoms with Crippen molar-refractivity contribution in [2.45, 2.75) is 58.0 Å². The molecular formula is C28H32N2O3. The monoisotopic (exact) mass is 444 g/mol. The predicted molar refractivity (Wildman–Crippen MR) is 132 cm³/mol. The highest BCUT2D eigenvalue weighted by Crippen LogP contribution is 2.32. The van der Waals surface area contributed by atoms with E-state index in [2.05, 4.69) is 30.4 Å². The van der Waals surface area contributed by atoms with E-state index in [1.165, 1.54) is 0 Å². The first kappa shape index (κ1) is 24.1. The second kappa shape index (κ2) is 9.54. The van der Waals surface area contributed by atoms with Gasteiger partial charge in [0.15, 0.2) is 5.78 Å². The van der Waals surface area contributed by atoms with Crippen LogP contribution in [-0.4, -0.2) is 29.9 Å². The number of nitrogens with one attached hydrogen (secondary N) is 2. The molecule has 0 fully saturated rings. The molecule has 1 heterocycles. The molecule has 1 aliphatic heterocycles. The fraction of sp³-hybridized carbons (Fsp3) is 0.357. The Balaban J connectivity index is 1.93. The Bertz CT molecular complexity index is 1130. The lowest BCUT2D eigenvalue weighted by Gasteiger charge is -2.35. The first-order chi connectivity index (χ1) is 15.7. The average molecular weight is 445 g/mol. The first-order valence-electron chi connectivity index (χ1n) is 11.3. The van der Waals surface area contributed by atoms with E-state index in [0.29, 0.717) is 24.0 Å². The normalized spacial score (nSPS) is 15.7. The molecule has 0 radical (unpaired) electrons. The van der Waals surface area contributed by atoms with E-state index in [9.17, 15) is 9.59 Å². The summed E-state index contributed by atoms with van der Waals surface area (Å²) in [7, 11) is 1.62. The van der Waals surface area contributed by atoms with E-state index in [-0.39, 0.29) is 17.2 Å². The summed E-state index contributed by atoms with van der Waals surface area (Å²) in [5.41, 5.74) is 2.78. The van der Waals surface area contributed by atoms with Gasteiger partial charge in [0.1, 0.15) is 11.3 Å². The van der Waals surface area contributed by atoms with Crippen molar-refractivity contribution >= 4 is 17.4 Å². The van der Waals surface area contributed by atoms with E-state index in [1.54, 1.807) is 37.5 Å². The van der Waals surface area contributed by atoms with Gasteiger partial charge >= 0.3 is 0 Å². The zero-order valence-electron chi connectivity index (χ0n) is 20.0. The van der Waals surface area contributed by atoms with E-state index in [1.807, 2.05) is 32.0 Å². The number of methoxy groups -OCH3 is 1. The average Bonchev–Trinajstić information content (AvgIpc) is 2.81. The van der Waals surface area contributed by atoms with Crippen molar-refractivity contribution in [2.75, 3.05) is 7.11 Å². The summed E-state index contributed by atoms with van der Waals surface area (Å²) < 4.78 is 5.38. The Kier molecular flexibility index (Phi) is 6.98. The number of hydrogen-bond donors (Lipinski definition) is 2. The Morgan fingerprint density at radius 2 is 1.88 bits per heavy atom. The quantitative estimate of drug-likeness (QED) is 0.367. The number of rotatable bonds is 7. The minimum atomic E-state index is -0.695. The molecular weight excluding hydrogens is 412 g/mol. The summed E-state index contributed by atoms with van der Waals surface area (Å²) in [6.07, 6.45) is 9.36. The third-order valence-electron chi connectivity index (χ3n) is 6.23. The first-order valence-corrected chi connectivity index (χ1v) is 11.3. The summed E-state index contributed by atoms with van der Waals surface area (Å²) in [6, 6.07) is 12.6. The standard InChI is InChI=1S/C28H32N2O3/c1-7-28(8-2,9-3)30-26(32)20-12-10-11-19(15-20)25(31)17-24-23-16-22(33-6)14-13-21(23)18-27(4,5)29-24/h1,10-17,29H,8-9,18H2,2-6H3,(H,30,32)/b24-17-. The zero-order valence-corrected chi connectivity index (χ0v) is 20.0. The Morgan fingerprint density at radius 3 is 2.52 bits per heavy atom. The molecule has 0 atom stereocenters. The summed E-state index contributed by atoms with van der Waals surface area (Å²) in [5.74, 6) is 2.97. The molecule has 5 heteroatoms. The van der Waals surface area contributed by atoms with Crippen molar-refractivity contribution in [1.82, 2.24) is 10.6 Å². The summed E-state index contributed by atoms with van der Waals surface area (Å²) >= 11 is 0. The fourth-order valence-electron chi connectivity index (χ4n) is 4.14. The van der Waals surface area contributed by atoms with Gasteiger partial charge < -0.3 is 15.4 Å². The maximum Gasteiger partial charge on any atom is 0.252 e. The number of terminal acetylenes is 1. The van der Waals surface area contributed by atoms with Gasteiger partial charge in [-0.25, -0.2) is 0 Å². The van der Waals surface area contributed by atoms with Gasteiger partial charge in [0, 0.05) is 34.0 Å². The molecule has 172 valence electrons. The van der Waals surface area contributed by atoms with Crippen LogP contribution in [-0.2, 0) is 6.42 Å². The molecule has 5 nitrogen and oxygen atoms in total. The smallest absolute Gasteiger partial charge is 0.252 e. The van der Waals surface area contributed by atoms with Gasteiger partial charge in [-0.15, -0.1) is 6.42 Å². The predicted octanol–water partition coefficient (Wildman–Crippen LogP) is 4.77. The molecule has 2 aromatic carbocycles. The number of ether oxygens (including phenoxy) is 1. The third-order valence-corrected chi connectivity index (χ3v) is 6.23. The van der Waals surface area contributed by atoms with Gasteiger partial charge in [-0.3, -0.25) is 9.59 Å². The van der Waals surface area contributed by atoms with Crippen molar-refractivity contribution in [3.63, 3.8) is 0 Å². The molecule has 0 saturated carbocycles. The van der Waals surface area contributed by atoms with E-state index >= 15 is 0 Å². The lowest BCUT2D eigenvalue weighted by molar-refractivity contribution is 0.0916. The maximum absolute atomic E-state index is 13.2. The highest BCUT2D eigenvalue weighted by Gasteiger charge is 2.29. The van der Waals surface area contributed by atoms with Gasteiger partial charge in [0.25, 0.3) is 5.91 Å². The van der Waals surface area contributed by atoms with Gasteiger partial charge in [-0.1, -0.05) is 38.0 Å². The maximum atomic E-state index is 13.2. The number of benzene rings is 2. The lowest BCUT2D eigenvalue weighted by atomic mass is 9.85. The molecule has 1 amide bonds. The van der Waals surface area contributed by atoms with Crippen molar-refractivity contribution < 1.29 is 14.3 Å². The zero-order chi connectivity index (χ0) is 24.2. The molecule has 0 aliphatic carbocycles. The highest BCUT2D eigenvalue weighted by atomic mass is 16.5. The van der Waals surface area contributed by atoms with Crippen LogP contribution in [0.4, 0.5) is 0 Å². The van der Waals surface area contributed by atoms with Crippen LogP contribution in [0.5, 0.6) is 5.75 Å². The number of hydrogen-bond acceptors (Lipinski definition) is 4. The Hall–Kier alpha value is -3.52. The van der Waals surface area contributed by atoms with Crippen LogP contribution in [0.15, 0.2) is 48.5 Å². The molecule has 2 aromatic rings. The highest BCUT2D eigenvalue weighted by molar-refractivity contribution is 6.10. The van der Waals surface area contributed by atoms with Crippen LogP contribution in [0.3, 0.4) is 0 Å². The fourth-order valence-corrected chi connectivity index (χ4v) is 4.14. The molecule has 0 bridgehead atoms. The third kappa shape index (κ3) is 5.28. The Labute approximate surface area is 196 Å². The number of carbonyl (C=O) groups excluding carboxylic acids is 2. The van der Waals surface area contributed by atoms with E-state index in [4.69, 9.17) is 11.2 Å².